The molecule has 0 aliphatic carbocycles. The van der Waals surface area contributed by atoms with Crippen LogP contribution in [0.2, 0.25) is 0 Å². The van der Waals surface area contributed by atoms with E-state index in [4.69, 9.17) is 9.47 Å². The van der Waals surface area contributed by atoms with Crippen molar-refractivity contribution in [1.82, 2.24) is 10.6 Å². The average Bonchev–Trinajstić information content (AvgIpc) is 2.72. The van der Waals surface area contributed by atoms with Gasteiger partial charge in [0.2, 0.25) is 0 Å². The predicted molar refractivity (Wildman–Crippen MR) is 130 cm³/mol. The standard InChI is InChI=1S/C25H48N2O6/c1-5-6-7-8-9-10-11-12-13-14-15-16-17-18-19-32-23(30)26-20-21(22(28)29)27-24(31)33-25(2,3)4/h21H,5-20H2,1-4H3,(H,26,30)(H,27,31)(H,28,29). The number of amides is 2. The lowest BCUT2D eigenvalue weighted by atomic mass is 10.0. The molecule has 8 nitrogen and oxygen atoms in total. The number of hydrogen-bond donors (Lipinski definition) is 3. The largest absolute Gasteiger partial charge is 0.480 e. The lowest BCUT2D eigenvalue weighted by molar-refractivity contribution is -0.139. The third kappa shape index (κ3) is 21.6. The second-order valence-electron chi connectivity index (χ2n) is 9.65. The minimum Gasteiger partial charge on any atom is -0.480 e. The molecular weight excluding hydrogens is 424 g/mol. The molecule has 1 unspecified atom stereocenters. The second-order valence-corrected chi connectivity index (χ2v) is 9.65. The molecule has 2 amide bonds. The number of aliphatic carboxylic acids is 1. The van der Waals surface area contributed by atoms with Crippen molar-refractivity contribution in [2.45, 2.75) is 129 Å². The number of unbranched alkanes of at least 4 members (excludes halogenated alkanes) is 13. The first-order valence-corrected chi connectivity index (χ1v) is 12.8. The molecule has 0 aromatic rings. The van der Waals surface area contributed by atoms with Gasteiger partial charge in [-0.15, -0.1) is 0 Å². The van der Waals surface area contributed by atoms with Crippen molar-refractivity contribution in [3.63, 3.8) is 0 Å². The van der Waals surface area contributed by atoms with E-state index in [1.54, 1.807) is 20.8 Å². The monoisotopic (exact) mass is 472 g/mol. The van der Waals surface area contributed by atoms with Crippen LogP contribution in [-0.4, -0.2) is 48.1 Å². The first-order chi connectivity index (χ1) is 15.7. The van der Waals surface area contributed by atoms with Gasteiger partial charge < -0.3 is 25.2 Å². The summed E-state index contributed by atoms with van der Waals surface area (Å²) in [5, 5.41) is 13.8. The Morgan fingerprint density at radius 2 is 1.21 bits per heavy atom. The van der Waals surface area contributed by atoms with Crippen molar-refractivity contribution in [1.29, 1.82) is 0 Å². The zero-order valence-electron chi connectivity index (χ0n) is 21.4. The Kier molecular flexibility index (Phi) is 18.3. The molecule has 194 valence electrons. The van der Waals surface area contributed by atoms with Crippen LogP contribution in [0, 0.1) is 0 Å². The number of carboxylic acid groups (broad SMARTS) is 1. The van der Waals surface area contributed by atoms with E-state index in [0.29, 0.717) is 6.61 Å². The Labute approximate surface area is 200 Å². The molecule has 0 rings (SSSR count). The van der Waals surface area contributed by atoms with Gasteiger partial charge in [0, 0.05) is 0 Å². The van der Waals surface area contributed by atoms with Crippen molar-refractivity contribution >= 4 is 18.2 Å². The summed E-state index contributed by atoms with van der Waals surface area (Å²) in [7, 11) is 0. The minimum atomic E-state index is -1.30. The maximum atomic E-state index is 11.7. The van der Waals surface area contributed by atoms with Crippen LogP contribution in [0.1, 0.15) is 118 Å². The number of alkyl carbamates (subject to hydrolysis) is 2. The number of ether oxygens (including phenoxy) is 2. The fraction of sp³-hybridized carbons (Fsp3) is 0.880. The van der Waals surface area contributed by atoms with E-state index < -0.39 is 29.8 Å². The fourth-order valence-electron chi connectivity index (χ4n) is 3.35. The molecule has 0 saturated carbocycles. The summed E-state index contributed by atoms with van der Waals surface area (Å²) >= 11 is 0. The van der Waals surface area contributed by atoms with Crippen LogP contribution < -0.4 is 10.6 Å². The summed E-state index contributed by atoms with van der Waals surface area (Å²) in [6.07, 6.45) is 16.0. The molecule has 0 radical (unpaired) electrons. The van der Waals surface area contributed by atoms with Gasteiger partial charge in [0.1, 0.15) is 11.6 Å². The van der Waals surface area contributed by atoms with Crippen LogP contribution in [0.5, 0.6) is 0 Å². The molecule has 0 spiro atoms. The van der Waals surface area contributed by atoms with Crippen LogP contribution in [0.15, 0.2) is 0 Å². The van der Waals surface area contributed by atoms with E-state index in [-0.39, 0.29) is 6.54 Å². The molecule has 3 N–H and O–H groups in total. The SMILES string of the molecule is CCCCCCCCCCCCCCCCOC(=O)NCC(NC(=O)OC(C)(C)C)C(=O)O. The summed E-state index contributed by atoms with van der Waals surface area (Å²) in [6.45, 7) is 7.28. The van der Waals surface area contributed by atoms with Crippen LogP contribution in [-0.2, 0) is 14.3 Å². The van der Waals surface area contributed by atoms with E-state index in [2.05, 4.69) is 17.6 Å². The maximum Gasteiger partial charge on any atom is 0.408 e. The number of carboxylic acids is 1. The summed E-state index contributed by atoms with van der Waals surface area (Å²) in [6, 6.07) is -1.30. The summed E-state index contributed by atoms with van der Waals surface area (Å²) in [5.74, 6) is -1.27. The van der Waals surface area contributed by atoms with E-state index in [1.807, 2.05) is 0 Å². The van der Waals surface area contributed by atoms with Gasteiger partial charge in [-0.3, -0.25) is 0 Å². The van der Waals surface area contributed by atoms with Gasteiger partial charge in [0.15, 0.2) is 0 Å². The average molecular weight is 473 g/mol. The Morgan fingerprint density at radius 3 is 1.64 bits per heavy atom. The lowest BCUT2D eigenvalue weighted by Crippen LogP contribution is -2.49. The van der Waals surface area contributed by atoms with Crippen LogP contribution in [0.3, 0.4) is 0 Å². The molecule has 1 atom stereocenters. The van der Waals surface area contributed by atoms with E-state index >= 15 is 0 Å². The fourth-order valence-corrected chi connectivity index (χ4v) is 3.35. The number of carbonyl (C=O) groups is 3. The predicted octanol–water partition coefficient (Wildman–Crippen LogP) is 6.17. The Morgan fingerprint density at radius 1 is 0.758 bits per heavy atom. The van der Waals surface area contributed by atoms with Crippen molar-refractivity contribution < 1.29 is 29.0 Å². The molecule has 0 bridgehead atoms. The molecule has 0 fully saturated rings. The van der Waals surface area contributed by atoms with Gasteiger partial charge in [-0.05, 0) is 27.2 Å². The highest BCUT2D eigenvalue weighted by Crippen LogP contribution is 2.13. The van der Waals surface area contributed by atoms with Crippen molar-refractivity contribution in [2.24, 2.45) is 0 Å². The normalized spacial score (nSPS) is 12.1. The van der Waals surface area contributed by atoms with Gasteiger partial charge in [-0.1, -0.05) is 90.4 Å². The highest BCUT2D eigenvalue weighted by atomic mass is 16.6. The molecule has 8 heteroatoms. The molecular formula is C25H48N2O6. The summed E-state index contributed by atoms with van der Waals surface area (Å²) < 4.78 is 10.1. The van der Waals surface area contributed by atoms with Crippen molar-refractivity contribution in [3.8, 4) is 0 Å². The van der Waals surface area contributed by atoms with Gasteiger partial charge in [0.25, 0.3) is 0 Å². The lowest BCUT2D eigenvalue weighted by Gasteiger charge is -2.22. The zero-order chi connectivity index (χ0) is 25.0. The topological polar surface area (TPSA) is 114 Å². The molecule has 0 aliphatic heterocycles. The Bertz CT molecular complexity index is 533. The van der Waals surface area contributed by atoms with Gasteiger partial charge in [0.05, 0.1) is 13.2 Å². The minimum absolute atomic E-state index is 0.286. The smallest absolute Gasteiger partial charge is 0.408 e. The maximum absolute atomic E-state index is 11.7. The highest BCUT2D eigenvalue weighted by molar-refractivity contribution is 5.81. The van der Waals surface area contributed by atoms with Crippen molar-refractivity contribution in [2.75, 3.05) is 13.2 Å². The van der Waals surface area contributed by atoms with Crippen molar-refractivity contribution in [3.05, 3.63) is 0 Å². The molecule has 0 aliphatic rings. The number of rotatable bonds is 19. The van der Waals surface area contributed by atoms with Crippen LogP contribution in [0.25, 0.3) is 0 Å². The third-order valence-corrected chi connectivity index (χ3v) is 5.17. The molecule has 0 aromatic heterocycles. The molecule has 0 saturated heterocycles. The van der Waals surface area contributed by atoms with Crippen LogP contribution >= 0.6 is 0 Å². The van der Waals surface area contributed by atoms with Gasteiger partial charge >= 0.3 is 18.2 Å². The van der Waals surface area contributed by atoms with Gasteiger partial charge in [-0.2, -0.15) is 0 Å². The Balaban J connectivity index is 3.64. The van der Waals surface area contributed by atoms with E-state index in [1.165, 1.54) is 70.6 Å². The first kappa shape index (κ1) is 31.0. The van der Waals surface area contributed by atoms with E-state index in [9.17, 15) is 19.5 Å². The second kappa shape index (κ2) is 19.5. The molecule has 33 heavy (non-hydrogen) atoms. The molecule has 0 heterocycles. The Hall–Kier alpha value is -1.99. The van der Waals surface area contributed by atoms with Crippen LogP contribution in [0.4, 0.5) is 9.59 Å². The highest BCUT2D eigenvalue weighted by Gasteiger charge is 2.24. The third-order valence-electron chi connectivity index (χ3n) is 5.17. The first-order valence-electron chi connectivity index (χ1n) is 12.8. The summed E-state index contributed by atoms with van der Waals surface area (Å²) in [5.41, 5.74) is -0.743. The van der Waals surface area contributed by atoms with E-state index in [0.717, 1.165) is 19.3 Å². The quantitative estimate of drug-likeness (QED) is 0.194. The number of nitrogens with one attached hydrogen (secondary N) is 2. The summed E-state index contributed by atoms with van der Waals surface area (Å²) in [4.78, 5) is 34.7. The van der Waals surface area contributed by atoms with Gasteiger partial charge in [-0.25, -0.2) is 14.4 Å². The molecule has 0 aromatic carbocycles. The number of hydrogen-bond acceptors (Lipinski definition) is 5. The zero-order valence-corrected chi connectivity index (χ0v) is 21.4. The number of carbonyl (C=O) groups excluding carboxylic acids is 2.